The summed E-state index contributed by atoms with van der Waals surface area (Å²) in [4.78, 5) is 28.0. The average molecular weight is 583 g/mol. The van der Waals surface area contributed by atoms with Crippen molar-refractivity contribution in [3.63, 3.8) is 0 Å². The maximum absolute atomic E-state index is 13.4. The molecule has 0 aliphatic carbocycles. The van der Waals surface area contributed by atoms with Crippen LogP contribution < -0.4 is 19.5 Å². The third-order valence-electron chi connectivity index (χ3n) is 6.55. The Morgan fingerprint density at radius 1 is 0.976 bits per heavy atom. The molecule has 0 saturated heterocycles. The van der Waals surface area contributed by atoms with E-state index in [-0.39, 0.29) is 29.6 Å². The molecule has 1 atom stereocenters. The van der Waals surface area contributed by atoms with Gasteiger partial charge in [-0.05, 0) is 54.0 Å². The molecule has 1 N–H and O–H groups in total. The van der Waals surface area contributed by atoms with Crippen LogP contribution in [0.4, 0.5) is 5.13 Å². The van der Waals surface area contributed by atoms with E-state index in [1.165, 1.54) is 11.3 Å². The summed E-state index contributed by atoms with van der Waals surface area (Å²) in [5.74, 6) is 2.08. The number of anilines is 1. The first-order chi connectivity index (χ1) is 19.5. The zero-order valence-corrected chi connectivity index (χ0v) is 26.0. The minimum Gasteiger partial charge on any atom is -0.497 e. The fourth-order valence-corrected chi connectivity index (χ4v) is 5.53. The van der Waals surface area contributed by atoms with E-state index >= 15 is 0 Å². The highest BCUT2D eigenvalue weighted by Crippen LogP contribution is 2.30. The Bertz CT molecular complexity index is 1300. The molecule has 0 aliphatic rings. The molecular weight excluding hydrogens is 540 g/mol. The first kappa shape index (κ1) is 31.9. The smallest absolute Gasteiger partial charge is 0.227 e. The van der Waals surface area contributed by atoms with Crippen LogP contribution in [-0.4, -0.2) is 61.3 Å². The SMILES string of the molecule is COc1cccc(-c2nnc(NC(=O)CCN(CCc3ccc(OC)c(OC)c3)C(=O)C[C@H](C)CC(C)(C)C)s2)c1. The van der Waals surface area contributed by atoms with Crippen molar-refractivity contribution >= 4 is 28.3 Å². The summed E-state index contributed by atoms with van der Waals surface area (Å²) in [7, 11) is 4.81. The first-order valence-electron chi connectivity index (χ1n) is 13.8. The third kappa shape index (κ3) is 10.0. The molecule has 0 bridgehead atoms. The van der Waals surface area contributed by atoms with Crippen LogP contribution in [0, 0.1) is 11.3 Å². The van der Waals surface area contributed by atoms with Gasteiger partial charge in [0.05, 0.1) is 21.3 Å². The van der Waals surface area contributed by atoms with Gasteiger partial charge in [-0.25, -0.2) is 0 Å². The van der Waals surface area contributed by atoms with E-state index in [0.717, 1.165) is 23.3 Å². The van der Waals surface area contributed by atoms with Crippen LogP contribution in [-0.2, 0) is 16.0 Å². The van der Waals surface area contributed by atoms with Gasteiger partial charge in [0.2, 0.25) is 16.9 Å². The van der Waals surface area contributed by atoms with Crippen LogP contribution in [0.15, 0.2) is 42.5 Å². The van der Waals surface area contributed by atoms with Crippen LogP contribution in [0.3, 0.4) is 0 Å². The molecule has 1 heterocycles. The second-order valence-electron chi connectivity index (χ2n) is 11.3. The summed E-state index contributed by atoms with van der Waals surface area (Å²) in [5.41, 5.74) is 2.01. The lowest BCUT2D eigenvalue weighted by molar-refractivity contribution is -0.132. The Hall–Kier alpha value is -3.66. The Labute approximate surface area is 247 Å². The van der Waals surface area contributed by atoms with E-state index in [9.17, 15) is 9.59 Å². The van der Waals surface area contributed by atoms with Crippen molar-refractivity contribution in [3.05, 3.63) is 48.0 Å². The second kappa shape index (κ2) is 14.8. The predicted octanol–water partition coefficient (Wildman–Crippen LogP) is 6.09. The zero-order valence-electron chi connectivity index (χ0n) is 25.2. The fourth-order valence-electron chi connectivity index (χ4n) is 4.77. The molecule has 1 aromatic heterocycles. The maximum atomic E-state index is 13.4. The topological polar surface area (TPSA) is 103 Å². The zero-order chi connectivity index (χ0) is 30.0. The molecule has 3 aromatic rings. The largest absolute Gasteiger partial charge is 0.497 e. The van der Waals surface area contributed by atoms with E-state index in [1.807, 2.05) is 42.5 Å². The van der Waals surface area contributed by atoms with Crippen molar-refractivity contribution in [2.75, 3.05) is 39.7 Å². The number of ether oxygens (including phenoxy) is 3. The molecule has 2 aromatic carbocycles. The lowest BCUT2D eigenvalue weighted by Gasteiger charge is -2.27. The van der Waals surface area contributed by atoms with Gasteiger partial charge >= 0.3 is 0 Å². The molecule has 41 heavy (non-hydrogen) atoms. The average Bonchev–Trinajstić information content (AvgIpc) is 3.40. The molecule has 0 spiro atoms. The predicted molar refractivity (Wildman–Crippen MR) is 163 cm³/mol. The summed E-state index contributed by atoms with van der Waals surface area (Å²) >= 11 is 1.29. The van der Waals surface area contributed by atoms with E-state index < -0.39 is 0 Å². The third-order valence-corrected chi connectivity index (χ3v) is 7.44. The van der Waals surface area contributed by atoms with Gasteiger partial charge in [-0.2, -0.15) is 0 Å². The van der Waals surface area contributed by atoms with Gasteiger partial charge in [0.25, 0.3) is 0 Å². The number of hydrogen-bond acceptors (Lipinski definition) is 8. The molecule has 10 heteroatoms. The lowest BCUT2D eigenvalue weighted by atomic mass is 9.84. The Balaban J connectivity index is 1.64. The number of carbonyl (C=O) groups excluding carboxylic acids is 2. The van der Waals surface area contributed by atoms with Crippen LogP contribution >= 0.6 is 11.3 Å². The number of methoxy groups -OCH3 is 3. The molecule has 0 fully saturated rings. The van der Waals surface area contributed by atoms with Crippen molar-refractivity contribution < 1.29 is 23.8 Å². The number of nitrogens with zero attached hydrogens (tertiary/aromatic N) is 3. The number of carbonyl (C=O) groups is 2. The molecule has 0 saturated carbocycles. The van der Waals surface area contributed by atoms with E-state index in [0.29, 0.717) is 47.6 Å². The number of rotatable bonds is 14. The molecule has 0 radical (unpaired) electrons. The van der Waals surface area contributed by atoms with Gasteiger partial charge in [-0.15, -0.1) is 10.2 Å². The number of benzene rings is 2. The Kier molecular flexibility index (Phi) is 11.5. The molecule has 2 amide bonds. The van der Waals surface area contributed by atoms with Gasteiger partial charge in [-0.3, -0.25) is 9.59 Å². The van der Waals surface area contributed by atoms with Crippen LogP contribution in [0.1, 0.15) is 52.5 Å². The maximum Gasteiger partial charge on any atom is 0.227 e. The monoisotopic (exact) mass is 582 g/mol. The molecular formula is C31H42N4O5S. The second-order valence-corrected chi connectivity index (χ2v) is 12.3. The quantitative estimate of drug-likeness (QED) is 0.245. The summed E-state index contributed by atoms with van der Waals surface area (Å²) in [6.07, 6.45) is 2.15. The summed E-state index contributed by atoms with van der Waals surface area (Å²) in [6.45, 7) is 9.45. The van der Waals surface area contributed by atoms with Crippen molar-refractivity contribution in [3.8, 4) is 27.8 Å². The fraction of sp³-hybridized carbons (Fsp3) is 0.484. The summed E-state index contributed by atoms with van der Waals surface area (Å²) in [5, 5.41) is 12.3. The standard InChI is InChI=1S/C31H42N4O5S/c1-21(20-31(2,3)4)17-28(37)35(15-13-22-11-12-25(39-6)26(18-22)40-7)16-14-27(36)32-30-34-33-29(41-30)23-9-8-10-24(19-23)38-5/h8-12,18-19,21H,13-17,20H2,1-7H3,(H,32,34,36)/t21-/m0/s1. The lowest BCUT2D eigenvalue weighted by Crippen LogP contribution is -2.36. The van der Waals surface area contributed by atoms with Gasteiger partial charge in [-0.1, -0.05) is 57.2 Å². The first-order valence-corrected chi connectivity index (χ1v) is 14.6. The minimum absolute atomic E-state index is 0.0475. The Morgan fingerprint density at radius 3 is 2.41 bits per heavy atom. The Morgan fingerprint density at radius 2 is 1.73 bits per heavy atom. The van der Waals surface area contributed by atoms with Crippen molar-refractivity contribution in [1.82, 2.24) is 15.1 Å². The number of nitrogens with one attached hydrogen (secondary N) is 1. The van der Waals surface area contributed by atoms with Gasteiger partial charge in [0, 0.05) is 31.5 Å². The van der Waals surface area contributed by atoms with E-state index in [4.69, 9.17) is 14.2 Å². The number of amides is 2. The van der Waals surface area contributed by atoms with Crippen molar-refractivity contribution in [2.24, 2.45) is 11.3 Å². The molecule has 9 nitrogen and oxygen atoms in total. The van der Waals surface area contributed by atoms with Gasteiger partial charge in [0.15, 0.2) is 11.5 Å². The highest BCUT2D eigenvalue weighted by atomic mass is 32.1. The molecule has 3 rings (SSSR count). The van der Waals surface area contributed by atoms with Crippen molar-refractivity contribution in [1.29, 1.82) is 0 Å². The summed E-state index contributed by atoms with van der Waals surface area (Å²) < 4.78 is 16.1. The summed E-state index contributed by atoms with van der Waals surface area (Å²) in [6, 6.07) is 13.3. The molecule has 222 valence electrons. The van der Waals surface area contributed by atoms with Gasteiger partial charge in [0.1, 0.15) is 10.8 Å². The van der Waals surface area contributed by atoms with Gasteiger partial charge < -0.3 is 24.4 Å². The number of hydrogen-bond donors (Lipinski definition) is 1. The van der Waals surface area contributed by atoms with Crippen LogP contribution in [0.25, 0.3) is 10.6 Å². The molecule has 0 aliphatic heterocycles. The highest BCUT2D eigenvalue weighted by molar-refractivity contribution is 7.18. The normalized spacial score (nSPS) is 12.0. The van der Waals surface area contributed by atoms with E-state index in [1.54, 1.807) is 26.2 Å². The van der Waals surface area contributed by atoms with Crippen molar-refractivity contribution in [2.45, 2.75) is 53.4 Å². The highest BCUT2D eigenvalue weighted by Gasteiger charge is 2.22. The minimum atomic E-state index is -0.218. The van der Waals surface area contributed by atoms with Crippen LogP contribution in [0.5, 0.6) is 17.2 Å². The number of aromatic nitrogens is 2. The van der Waals surface area contributed by atoms with Crippen LogP contribution in [0.2, 0.25) is 0 Å². The molecule has 0 unspecified atom stereocenters. The van der Waals surface area contributed by atoms with E-state index in [2.05, 4.69) is 43.2 Å².